The molecule has 0 amide bonds. The molecule has 106 valence electrons. The van der Waals surface area contributed by atoms with E-state index < -0.39 is 11.6 Å². The first-order valence-electron chi connectivity index (χ1n) is 6.09. The number of nitrogens with two attached hydrogens (primary N) is 1. The number of hydrogen-bond acceptors (Lipinski definition) is 2. The summed E-state index contributed by atoms with van der Waals surface area (Å²) in [5, 5.41) is 0. The van der Waals surface area contributed by atoms with Gasteiger partial charge in [-0.3, -0.25) is 0 Å². The zero-order valence-electron chi connectivity index (χ0n) is 10.9. The molecular formula is C15H14BrF2NO. The second-order valence-corrected chi connectivity index (χ2v) is 5.41. The van der Waals surface area contributed by atoms with Gasteiger partial charge < -0.3 is 10.5 Å². The summed E-state index contributed by atoms with van der Waals surface area (Å²) in [6, 6.07) is 8.53. The number of halogens is 3. The van der Waals surface area contributed by atoms with E-state index in [2.05, 4.69) is 15.9 Å². The molecule has 0 aliphatic rings. The minimum absolute atomic E-state index is 0.0558. The molecule has 2 aromatic carbocycles. The Bertz CT molecular complexity index is 617. The molecule has 2 N–H and O–H groups in total. The van der Waals surface area contributed by atoms with Gasteiger partial charge in [-0.05, 0) is 37.3 Å². The molecule has 1 atom stereocenters. The molecule has 0 fully saturated rings. The van der Waals surface area contributed by atoms with Gasteiger partial charge in [0, 0.05) is 21.6 Å². The molecule has 0 spiro atoms. The van der Waals surface area contributed by atoms with Crippen LogP contribution < -0.4 is 10.5 Å². The van der Waals surface area contributed by atoms with Crippen molar-refractivity contribution in [3.63, 3.8) is 0 Å². The molecular weight excluding hydrogens is 328 g/mol. The summed E-state index contributed by atoms with van der Waals surface area (Å²) in [7, 11) is 0. The highest BCUT2D eigenvalue weighted by Gasteiger charge is 2.11. The summed E-state index contributed by atoms with van der Waals surface area (Å²) >= 11 is 3.34. The van der Waals surface area contributed by atoms with E-state index in [0.29, 0.717) is 5.75 Å². The highest BCUT2D eigenvalue weighted by molar-refractivity contribution is 9.10. The second kappa shape index (κ2) is 6.33. The van der Waals surface area contributed by atoms with Crippen molar-refractivity contribution in [2.45, 2.75) is 19.6 Å². The lowest BCUT2D eigenvalue weighted by atomic mass is 10.1. The Hall–Kier alpha value is -1.46. The van der Waals surface area contributed by atoms with Crippen LogP contribution in [0, 0.1) is 11.6 Å². The first-order chi connectivity index (χ1) is 9.47. The molecule has 2 aromatic rings. The zero-order valence-corrected chi connectivity index (χ0v) is 12.5. The smallest absolute Gasteiger partial charge is 0.130 e. The Morgan fingerprint density at radius 3 is 2.65 bits per heavy atom. The van der Waals surface area contributed by atoms with Gasteiger partial charge in [0.25, 0.3) is 0 Å². The Kier molecular flexibility index (Phi) is 4.73. The molecule has 0 saturated carbocycles. The van der Waals surface area contributed by atoms with E-state index in [1.165, 1.54) is 0 Å². The van der Waals surface area contributed by atoms with Crippen LogP contribution in [0.3, 0.4) is 0 Å². The average Bonchev–Trinajstić information content (AvgIpc) is 2.39. The van der Waals surface area contributed by atoms with E-state index >= 15 is 0 Å². The van der Waals surface area contributed by atoms with Gasteiger partial charge in [-0.1, -0.05) is 22.0 Å². The maximum atomic E-state index is 13.5. The van der Waals surface area contributed by atoms with E-state index in [-0.39, 0.29) is 18.2 Å². The second-order valence-electron chi connectivity index (χ2n) is 4.50. The Morgan fingerprint density at radius 2 is 1.95 bits per heavy atom. The number of hydrogen-bond donors (Lipinski definition) is 1. The van der Waals surface area contributed by atoms with Gasteiger partial charge in [0.1, 0.15) is 24.0 Å². The monoisotopic (exact) mass is 341 g/mol. The van der Waals surface area contributed by atoms with Crippen molar-refractivity contribution in [3.05, 3.63) is 63.6 Å². The minimum atomic E-state index is -0.497. The fraction of sp³-hybridized carbons (Fsp3) is 0.200. The molecule has 0 aliphatic heterocycles. The van der Waals surface area contributed by atoms with Gasteiger partial charge in [-0.25, -0.2) is 8.78 Å². The lowest BCUT2D eigenvalue weighted by Gasteiger charge is -2.15. The van der Waals surface area contributed by atoms with E-state index in [0.717, 1.165) is 28.2 Å². The van der Waals surface area contributed by atoms with Gasteiger partial charge >= 0.3 is 0 Å². The molecule has 0 aromatic heterocycles. The predicted molar refractivity (Wildman–Crippen MR) is 77.4 cm³/mol. The standard InChI is InChI=1S/C15H14BrF2NO/c1-9(19)13-4-2-11(16)7-15(13)20-8-10-6-12(17)3-5-14(10)18/h2-7,9H,8,19H2,1H3/t9-/m1/s1. The van der Waals surface area contributed by atoms with Crippen LogP contribution in [0.5, 0.6) is 5.75 Å². The third-order valence-electron chi connectivity index (χ3n) is 2.86. The van der Waals surface area contributed by atoms with Crippen molar-refractivity contribution in [2.75, 3.05) is 0 Å². The SMILES string of the molecule is C[C@@H](N)c1ccc(Br)cc1OCc1cc(F)ccc1F. The van der Waals surface area contributed by atoms with E-state index in [9.17, 15) is 8.78 Å². The van der Waals surface area contributed by atoms with Crippen molar-refractivity contribution in [1.82, 2.24) is 0 Å². The first kappa shape index (κ1) is 14.9. The van der Waals surface area contributed by atoms with Gasteiger partial charge in [-0.2, -0.15) is 0 Å². The van der Waals surface area contributed by atoms with Crippen LogP contribution in [-0.4, -0.2) is 0 Å². The van der Waals surface area contributed by atoms with Crippen molar-refractivity contribution < 1.29 is 13.5 Å². The highest BCUT2D eigenvalue weighted by atomic mass is 79.9. The quantitative estimate of drug-likeness (QED) is 0.898. The van der Waals surface area contributed by atoms with E-state index in [1.54, 1.807) is 6.07 Å². The van der Waals surface area contributed by atoms with Crippen molar-refractivity contribution in [1.29, 1.82) is 0 Å². The summed E-state index contributed by atoms with van der Waals surface area (Å²) in [6.45, 7) is 1.78. The topological polar surface area (TPSA) is 35.2 Å². The maximum Gasteiger partial charge on any atom is 0.130 e. The van der Waals surface area contributed by atoms with E-state index in [4.69, 9.17) is 10.5 Å². The first-order valence-corrected chi connectivity index (χ1v) is 6.88. The normalized spacial score (nSPS) is 12.2. The summed E-state index contributed by atoms with van der Waals surface area (Å²) in [6.07, 6.45) is 0. The molecule has 0 radical (unpaired) electrons. The summed E-state index contributed by atoms with van der Waals surface area (Å²) < 4.78 is 33.0. The van der Waals surface area contributed by atoms with Crippen LogP contribution in [0.1, 0.15) is 24.1 Å². The Balaban J connectivity index is 2.22. The molecule has 0 aliphatic carbocycles. The van der Waals surface area contributed by atoms with Crippen LogP contribution in [0.15, 0.2) is 40.9 Å². The molecule has 2 nitrogen and oxygen atoms in total. The third kappa shape index (κ3) is 3.55. The van der Waals surface area contributed by atoms with Crippen LogP contribution in [-0.2, 0) is 6.61 Å². The van der Waals surface area contributed by atoms with Crippen molar-refractivity contribution in [3.8, 4) is 5.75 Å². The van der Waals surface area contributed by atoms with Crippen LogP contribution in [0.2, 0.25) is 0 Å². The fourth-order valence-corrected chi connectivity index (χ4v) is 2.16. The van der Waals surface area contributed by atoms with Crippen molar-refractivity contribution in [2.24, 2.45) is 5.73 Å². The summed E-state index contributed by atoms with van der Waals surface area (Å²) in [5.74, 6) is -0.437. The van der Waals surface area contributed by atoms with Crippen LogP contribution >= 0.6 is 15.9 Å². The molecule has 5 heteroatoms. The van der Waals surface area contributed by atoms with Gasteiger partial charge in [0.15, 0.2) is 0 Å². The largest absolute Gasteiger partial charge is 0.488 e. The molecule has 2 rings (SSSR count). The number of rotatable bonds is 4. The molecule has 20 heavy (non-hydrogen) atoms. The van der Waals surface area contributed by atoms with Gasteiger partial charge in [-0.15, -0.1) is 0 Å². The average molecular weight is 342 g/mol. The molecule has 0 heterocycles. The van der Waals surface area contributed by atoms with Crippen LogP contribution in [0.25, 0.3) is 0 Å². The zero-order chi connectivity index (χ0) is 14.7. The van der Waals surface area contributed by atoms with Gasteiger partial charge in [0.2, 0.25) is 0 Å². The molecule has 0 unspecified atom stereocenters. The third-order valence-corrected chi connectivity index (χ3v) is 3.35. The molecule has 0 saturated heterocycles. The fourth-order valence-electron chi connectivity index (χ4n) is 1.82. The summed E-state index contributed by atoms with van der Waals surface area (Å²) in [5.41, 5.74) is 6.84. The van der Waals surface area contributed by atoms with Gasteiger partial charge in [0.05, 0.1) is 0 Å². The number of ether oxygens (including phenoxy) is 1. The molecule has 0 bridgehead atoms. The lowest BCUT2D eigenvalue weighted by Crippen LogP contribution is -2.08. The van der Waals surface area contributed by atoms with Crippen LogP contribution in [0.4, 0.5) is 8.78 Å². The maximum absolute atomic E-state index is 13.5. The summed E-state index contributed by atoms with van der Waals surface area (Å²) in [4.78, 5) is 0. The highest BCUT2D eigenvalue weighted by Crippen LogP contribution is 2.28. The predicted octanol–water partition coefficient (Wildman–Crippen LogP) is 4.33. The van der Waals surface area contributed by atoms with Crippen molar-refractivity contribution >= 4 is 15.9 Å². The Morgan fingerprint density at radius 1 is 1.20 bits per heavy atom. The minimum Gasteiger partial charge on any atom is -0.488 e. The van der Waals surface area contributed by atoms with E-state index in [1.807, 2.05) is 19.1 Å². The Labute approximate surface area is 124 Å². The number of benzene rings is 2. The lowest BCUT2D eigenvalue weighted by molar-refractivity contribution is 0.294.